The summed E-state index contributed by atoms with van der Waals surface area (Å²) in [5, 5.41) is 11.9. The zero-order valence-electron chi connectivity index (χ0n) is 10.6. The van der Waals surface area contributed by atoms with E-state index in [1.165, 1.54) is 17.5 Å². The molecule has 18 heavy (non-hydrogen) atoms. The predicted octanol–water partition coefficient (Wildman–Crippen LogP) is 1.62. The van der Waals surface area contributed by atoms with Gasteiger partial charge in [-0.3, -0.25) is 4.79 Å². The Balaban J connectivity index is 1.95. The number of carbonyl (C=O) groups is 1. The van der Waals surface area contributed by atoms with Gasteiger partial charge in [-0.25, -0.2) is 0 Å². The Morgan fingerprint density at radius 1 is 1.44 bits per heavy atom. The average molecular weight is 249 g/mol. The van der Waals surface area contributed by atoms with Crippen molar-refractivity contribution in [1.82, 2.24) is 5.32 Å². The Kier molecular flexibility index (Phi) is 4.20. The lowest BCUT2D eigenvalue weighted by atomic mass is 10.1. The van der Waals surface area contributed by atoms with Gasteiger partial charge in [0.2, 0.25) is 0 Å². The Morgan fingerprint density at radius 3 is 2.94 bits per heavy atom. The first-order valence-electron chi connectivity index (χ1n) is 6.41. The lowest BCUT2D eigenvalue weighted by Gasteiger charge is -2.14. The molecule has 0 bridgehead atoms. The van der Waals surface area contributed by atoms with Crippen LogP contribution in [0, 0.1) is 0 Å². The molecule has 1 aromatic carbocycles. The van der Waals surface area contributed by atoms with Crippen LogP contribution >= 0.6 is 0 Å². The molecule has 1 aliphatic carbocycles. The number of likely N-dealkylation sites (N-methyl/N-ethyl adjacent to an activating group) is 1. The van der Waals surface area contributed by atoms with Crippen molar-refractivity contribution in [3.63, 3.8) is 0 Å². The van der Waals surface area contributed by atoms with E-state index in [9.17, 15) is 4.79 Å². The summed E-state index contributed by atoms with van der Waals surface area (Å²) in [4.78, 5) is 11.0. The van der Waals surface area contributed by atoms with Gasteiger partial charge in [0.1, 0.15) is 18.4 Å². The predicted molar refractivity (Wildman–Crippen MR) is 69.1 cm³/mol. The normalized spacial score (nSPS) is 15.2. The molecule has 0 aliphatic heterocycles. The highest BCUT2D eigenvalue weighted by atomic mass is 16.5. The third-order valence-electron chi connectivity index (χ3n) is 3.24. The highest BCUT2D eigenvalue weighted by molar-refractivity contribution is 5.73. The van der Waals surface area contributed by atoms with E-state index in [1.54, 1.807) is 0 Å². The minimum Gasteiger partial charge on any atom is -0.491 e. The van der Waals surface area contributed by atoms with Crippen LogP contribution in [0.4, 0.5) is 0 Å². The van der Waals surface area contributed by atoms with Gasteiger partial charge in [0.25, 0.3) is 0 Å². The number of rotatable bonds is 6. The van der Waals surface area contributed by atoms with Crippen LogP contribution in [-0.2, 0) is 17.6 Å². The van der Waals surface area contributed by atoms with Gasteiger partial charge < -0.3 is 15.2 Å². The van der Waals surface area contributed by atoms with Crippen LogP contribution in [0.15, 0.2) is 18.2 Å². The van der Waals surface area contributed by atoms with Crippen molar-refractivity contribution >= 4 is 5.97 Å². The highest BCUT2D eigenvalue weighted by Crippen LogP contribution is 2.25. The van der Waals surface area contributed by atoms with Gasteiger partial charge >= 0.3 is 5.97 Å². The maximum Gasteiger partial charge on any atom is 0.324 e. The van der Waals surface area contributed by atoms with Crippen LogP contribution in [0.25, 0.3) is 0 Å². The lowest BCUT2D eigenvalue weighted by Crippen LogP contribution is -2.41. The third-order valence-corrected chi connectivity index (χ3v) is 3.24. The lowest BCUT2D eigenvalue weighted by molar-refractivity contribution is -0.140. The minimum absolute atomic E-state index is 0.155. The van der Waals surface area contributed by atoms with E-state index in [1.807, 2.05) is 19.1 Å². The van der Waals surface area contributed by atoms with Crippen LogP contribution in [0.3, 0.4) is 0 Å². The molecule has 4 heteroatoms. The monoisotopic (exact) mass is 249 g/mol. The molecule has 0 aromatic heterocycles. The topological polar surface area (TPSA) is 58.6 Å². The van der Waals surface area contributed by atoms with Crippen LogP contribution in [0.2, 0.25) is 0 Å². The van der Waals surface area contributed by atoms with Gasteiger partial charge in [-0.05, 0) is 49.1 Å². The van der Waals surface area contributed by atoms with E-state index >= 15 is 0 Å². The fourth-order valence-electron chi connectivity index (χ4n) is 2.28. The molecule has 0 heterocycles. The summed E-state index contributed by atoms with van der Waals surface area (Å²) in [6.45, 7) is 2.65. The zero-order valence-corrected chi connectivity index (χ0v) is 10.6. The molecule has 0 fully saturated rings. The van der Waals surface area contributed by atoms with Crippen molar-refractivity contribution in [2.24, 2.45) is 0 Å². The Labute approximate surface area is 107 Å². The number of aliphatic carboxylic acids is 1. The Morgan fingerprint density at radius 2 is 2.22 bits per heavy atom. The van der Waals surface area contributed by atoms with Crippen molar-refractivity contribution in [3.05, 3.63) is 29.3 Å². The largest absolute Gasteiger partial charge is 0.491 e. The van der Waals surface area contributed by atoms with E-state index in [0.29, 0.717) is 6.54 Å². The van der Waals surface area contributed by atoms with E-state index in [0.717, 1.165) is 18.6 Å². The van der Waals surface area contributed by atoms with E-state index in [-0.39, 0.29) is 6.61 Å². The highest BCUT2D eigenvalue weighted by Gasteiger charge is 2.17. The van der Waals surface area contributed by atoms with Gasteiger partial charge in [0, 0.05) is 0 Å². The van der Waals surface area contributed by atoms with Gasteiger partial charge in [0.05, 0.1) is 0 Å². The van der Waals surface area contributed by atoms with Gasteiger partial charge in [0.15, 0.2) is 0 Å². The molecule has 0 spiro atoms. The van der Waals surface area contributed by atoms with E-state index in [4.69, 9.17) is 9.84 Å². The first kappa shape index (κ1) is 12.9. The molecule has 0 saturated heterocycles. The summed E-state index contributed by atoms with van der Waals surface area (Å²) in [7, 11) is 0. The van der Waals surface area contributed by atoms with E-state index in [2.05, 4.69) is 11.4 Å². The fourth-order valence-corrected chi connectivity index (χ4v) is 2.28. The number of carboxylic acid groups (broad SMARTS) is 1. The van der Waals surface area contributed by atoms with Crippen molar-refractivity contribution < 1.29 is 14.6 Å². The molecule has 2 rings (SSSR count). The summed E-state index contributed by atoms with van der Waals surface area (Å²) in [5.41, 5.74) is 2.73. The Hall–Kier alpha value is -1.55. The van der Waals surface area contributed by atoms with Gasteiger partial charge in [-0.2, -0.15) is 0 Å². The van der Waals surface area contributed by atoms with Gasteiger partial charge in [-0.15, -0.1) is 0 Å². The molecule has 1 atom stereocenters. The molecule has 1 unspecified atom stereocenters. The van der Waals surface area contributed by atoms with Crippen molar-refractivity contribution in [3.8, 4) is 5.75 Å². The summed E-state index contributed by atoms with van der Waals surface area (Å²) >= 11 is 0. The number of nitrogens with one attached hydrogen (secondary N) is 1. The maximum absolute atomic E-state index is 11.0. The molecule has 1 aromatic rings. The molecule has 2 N–H and O–H groups in total. The molecule has 98 valence electrons. The zero-order chi connectivity index (χ0) is 13.0. The minimum atomic E-state index is -0.877. The summed E-state index contributed by atoms with van der Waals surface area (Å²) in [5.74, 6) is -0.113. The number of fused-ring (bicyclic) bond motifs is 1. The number of aryl methyl sites for hydroxylation is 2. The number of benzene rings is 1. The fraction of sp³-hybridized carbons (Fsp3) is 0.500. The summed E-state index contributed by atoms with van der Waals surface area (Å²) in [6, 6.07) is 5.39. The van der Waals surface area contributed by atoms with Crippen molar-refractivity contribution in [1.29, 1.82) is 0 Å². The molecule has 0 amide bonds. The maximum atomic E-state index is 11.0. The quantitative estimate of drug-likeness (QED) is 0.804. The third kappa shape index (κ3) is 3.01. The van der Waals surface area contributed by atoms with E-state index < -0.39 is 12.0 Å². The molecular formula is C14H19NO3. The average Bonchev–Trinajstić information content (AvgIpc) is 2.81. The van der Waals surface area contributed by atoms with Crippen LogP contribution in [-0.4, -0.2) is 30.3 Å². The van der Waals surface area contributed by atoms with Crippen LogP contribution < -0.4 is 10.1 Å². The second-order valence-corrected chi connectivity index (χ2v) is 4.54. The number of hydrogen-bond donors (Lipinski definition) is 2. The van der Waals surface area contributed by atoms with Crippen LogP contribution in [0.5, 0.6) is 5.75 Å². The molecule has 4 nitrogen and oxygen atoms in total. The first-order valence-corrected chi connectivity index (χ1v) is 6.41. The number of hydrogen-bond acceptors (Lipinski definition) is 3. The smallest absolute Gasteiger partial charge is 0.324 e. The van der Waals surface area contributed by atoms with Crippen molar-refractivity contribution in [2.45, 2.75) is 32.2 Å². The number of ether oxygens (including phenoxy) is 1. The molecule has 0 radical (unpaired) electrons. The first-order chi connectivity index (χ1) is 8.70. The van der Waals surface area contributed by atoms with Crippen LogP contribution in [0.1, 0.15) is 24.5 Å². The SMILES string of the molecule is CCNC(COc1ccc2c(c1)CCC2)C(=O)O. The summed E-state index contributed by atoms with van der Waals surface area (Å²) in [6.07, 6.45) is 3.45. The molecular weight excluding hydrogens is 230 g/mol. The molecule has 0 saturated carbocycles. The second-order valence-electron chi connectivity index (χ2n) is 4.54. The standard InChI is InChI=1S/C14H19NO3/c1-2-15-13(14(16)17)9-18-12-7-6-10-4-3-5-11(10)8-12/h6-8,13,15H,2-5,9H2,1H3,(H,16,17). The van der Waals surface area contributed by atoms with Crippen molar-refractivity contribution in [2.75, 3.05) is 13.2 Å². The Bertz CT molecular complexity index is 431. The summed E-state index contributed by atoms with van der Waals surface area (Å²) < 4.78 is 5.56. The molecule has 1 aliphatic rings. The van der Waals surface area contributed by atoms with Gasteiger partial charge in [-0.1, -0.05) is 13.0 Å². The number of carboxylic acids is 1. The second kappa shape index (κ2) is 5.87.